The normalized spacial score (nSPS) is 14.8. The van der Waals surface area contributed by atoms with Crippen molar-refractivity contribution < 1.29 is 23.1 Å². The second kappa shape index (κ2) is 14.0. The van der Waals surface area contributed by atoms with E-state index >= 15 is 0 Å². The molecule has 1 atom stereocenters. The van der Waals surface area contributed by atoms with Crippen LogP contribution in [0.2, 0.25) is 0 Å². The van der Waals surface area contributed by atoms with Crippen molar-refractivity contribution in [3.05, 3.63) is 70.3 Å². The van der Waals surface area contributed by atoms with E-state index in [1.165, 1.54) is 0 Å². The molecule has 2 aromatic carbocycles. The Morgan fingerprint density at radius 3 is 2.07 bits per heavy atom. The highest BCUT2D eigenvalue weighted by Crippen LogP contribution is 2.34. The Balaban J connectivity index is 1.96. The Bertz CT molecular complexity index is 1300. The Morgan fingerprint density at radius 1 is 1.02 bits per heavy atom. The van der Waals surface area contributed by atoms with Crippen LogP contribution in [-0.4, -0.2) is 63.3 Å². The molecule has 0 radical (unpaired) electrons. The van der Waals surface area contributed by atoms with Crippen molar-refractivity contribution in [2.45, 2.75) is 85.3 Å². The van der Waals surface area contributed by atoms with Crippen LogP contribution in [-0.2, 0) is 33.8 Å². The molecule has 42 heavy (non-hydrogen) atoms. The van der Waals surface area contributed by atoms with E-state index in [2.05, 4.69) is 45.9 Å². The molecule has 0 fully saturated rings. The first-order valence-corrected chi connectivity index (χ1v) is 15.6. The molecule has 8 nitrogen and oxygen atoms in total. The molecule has 1 heterocycles. The van der Waals surface area contributed by atoms with Crippen LogP contribution in [0.1, 0.15) is 94.5 Å². The van der Waals surface area contributed by atoms with Gasteiger partial charge >= 0.3 is 6.09 Å². The molecule has 0 aromatic heterocycles. The van der Waals surface area contributed by atoms with Crippen molar-refractivity contribution in [3.63, 3.8) is 0 Å². The zero-order valence-electron chi connectivity index (χ0n) is 26.6. The van der Waals surface area contributed by atoms with Gasteiger partial charge in [-0.05, 0) is 98.6 Å². The van der Waals surface area contributed by atoms with Crippen molar-refractivity contribution in [3.8, 4) is 0 Å². The highest BCUT2D eigenvalue weighted by molar-refractivity contribution is 7.81. The molecule has 0 bridgehead atoms. The molecular weight excluding hydrogens is 550 g/mol. The molecule has 3 rings (SSSR count). The lowest BCUT2D eigenvalue weighted by Gasteiger charge is -2.31. The smallest absolute Gasteiger partial charge is 0.410 e. The summed E-state index contributed by atoms with van der Waals surface area (Å²) in [7, 11) is 3.94. The van der Waals surface area contributed by atoms with E-state index in [0.717, 1.165) is 50.7 Å². The molecular formula is C33H47N3O5S. The fourth-order valence-corrected chi connectivity index (χ4v) is 5.76. The quantitative estimate of drug-likeness (QED) is 0.322. The summed E-state index contributed by atoms with van der Waals surface area (Å²) in [5, 5.41) is 0. The van der Waals surface area contributed by atoms with Crippen LogP contribution in [0.15, 0.2) is 42.5 Å². The Labute approximate surface area is 254 Å². The average molecular weight is 598 g/mol. The molecule has 1 aliphatic rings. The summed E-state index contributed by atoms with van der Waals surface area (Å²) in [6.07, 6.45) is 2.57. The maximum absolute atomic E-state index is 13.7. The third kappa shape index (κ3) is 8.75. The lowest BCUT2D eigenvalue weighted by atomic mass is 9.83. The number of carbonyl (C=O) groups is 2. The number of anilines is 1. The topological polar surface area (TPSA) is 90.4 Å². The van der Waals surface area contributed by atoms with Gasteiger partial charge in [-0.3, -0.25) is 9.35 Å². The van der Waals surface area contributed by atoms with Gasteiger partial charge in [0, 0.05) is 19.6 Å². The molecule has 9 heteroatoms. The maximum atomic E-state index is 13.7. The zero-order chi connectivity index (χ0) is 31.4. The van der Waals surface area contributed by atoms with Gasteiger partial charge < -0.3 is 14.5 Å². The minimum absolute atomic E-state index is 0.00383. The van der Waals surface area contributed by atoms with E-state index in [-0.39, 0.29) is 24.3 Å². The summed E-state index contributed by atoms with van der Waals surface area (Å²) in [4.78, 5) is 30.3. The first-order chi connectivity index (χ1) is 19.6. The van der Waals surface area contributed by atoms with E-state index in [9.17, 15) is 18.4 Å². The second-order valence-electron chi connectivity index (χ2n) is 12.9. The summed E-state index contributed by atoms with van der Waals surface area (Å²) in [6, 6.07) is 11.4. The molecule has 1 aliphatic heterocycles. The second-order valence-corrected chi connectivity index (χ2v) is 13.7. The predicted molar refractivity (Wildman–Crippen MR) is 171 cm³/mol. The number of amides is 2. The number of ether oxygens (including phenoxy) is 1. The zero-order valence-corrected chi connectivity index (χ0v) is 27.4. The fourth-order valence-electron chi connectivity index (χ4n) is 5.22. The lowest BCUT2D eigenvalue weighted by Crippen LogP contribution is -2.39. The van der Waals surface area contributed by atoms with Crippen molar-refractivity contribution in [1.82, 2.24) is 9.80 Å². The van der Waals surface area contributed by atoms with E-state index in [4.69, 9.17) is 4.74 Å². The summed E-state index contributed by atoms with van der Waals surface area (Å²) in [6.45, 7) is 15.7. The Kier molecular flexibility index (Phi) is 11.1. The third-order valence-electron chi connectivity index (χ3n) is 7.12. The van der Waals surface area contributed by atoms with Gasteiger partial charge in [0.05, 0.1) is 12.1 Å². The molecule has 2 amide bonds. The number of carbonyl (C=O) groups excluding carboxylic acids is 2. The lowest BCUT2D eigenvalue weighted by molar-refractivity contribution is -0.116. The van der Waals surface area contributed by atoms with Crippen molar-refractivity contribution >= 4 is 34.5 Å². The van der Waals surface area contributed by atoms with E-state index in [0.29, 0.717) is 18.8 Å². The first kappa shape index (κ1) is 33.5. The number of hydrogen-bond acceptors (Lipinski definition) is 5. The van der Waals surface area contributed by atoms with Gasteiger partial charge in [-0.15, -0.1) is 0 Å². The standard InChI is InChI=1S/C33H47N3O5S/c1-22(2)28-17-26(25-11-10-16-35(21-25)32(38)41-33(5,6)7)18-29(23(3)4)30(28)19-31(37)36(42(39)40)27-14-12-24(13-15-27)20-34(8)9/h11-15,17-18,22-23H,10,16,19-21H2,1-9H3,(H,39,40). The number of benzene rings is 2. The predicted octanol–water partition coefficient (Wildman–Crippen LogP) is 6.73. The highest BCUT2D eigenvalue weighted by Gasteiger charge is 2.28. The summed E-state index contributed by atoms with van der Waals surface area (Å²) < 4.78 is 29.2. The highest BCUT2D eigenvalue weighted by atomic mass is 32.2. The minimum atomic E-state index is -2.52. The molecule has 1 N–H and O–H groups in total. The van der Waals surface area contributed by atoms with Gasteiger partial charge in [0.1, 0.15) is 5.60 Å². The van der Waals surface area contributed by atoms with Crippen LogP contribution in [0.25, 0.3) is 5.57 Å². The Hall–Kier alpha value is -3.01. The average Bonchev–Trinajstić information content (AvgIpc) is 2.88. The minimum Gasteiger partial charge on any atom is -0.444 e. The monoisotopic (exact) mass is 597 g/mol. The largest absolute Gasteiger partial charge is 0.444 e. The molecule has 2 aromatic rings. The van der Waals surface area contributed by atoms with Gasteiger partial charge in [-0.2, -0.15) is 0 Å². The molecule has 0 aliphatic carbocycles. The summed E-state index contributed by atoms with van der Waals surface area (Å²) in [5.41, 5.74) is 5.84. The number of hydrogen-bond donors (Lipinski definition) is 1. The van der Waals surface area contributed by atoms with Crippen LogP contribution < -0.4 is 4.31 Å². The third-order valence-corrected chi connectivity index (χ3v) is 7.84. The van der Waals surface area contributed by atoms with Gasteiger partial charge in [0.25, 0.3) is 11.3 Å². The fraction of sp³-hybridized carbons (Fsp3) is 0.515. The Morgan fingerprint density at radius 2 is 1.60 bits per heavy atom. The van der Waals surface area contributed by atoms with Gasteiger partial charge in [-0.25, -0.2) is 13.3 Å². The van der Waals surface area contributed by atoms with Crippen LogP contribution in [0.5, 0.6) is 0 Å². The van der Waals surface area contributed by atoms with Crippen LogP contribution in [0.3, 0.4) is 0 Å². The number of nitrogens with zero attached hydrogens (tertiary/aromatic N) is 3. The van der Waals surface area contributed by atoms with Crippen molar-refractivity contribution in [2.24, 2.45) is 0 Å². The molecule has 230 valence electrons. The van der Waals surface area contributed by atoms with E-state index in [1.54, 1.807) is 17.0 Å². The molecule has 1 unspecified atom stereocenters. The molecule has 0 saturated carbocycles. The van der Waals surface area contributed by atoms with E-state index in [1.807, 2.05) is 51.9 Å². The van der Waals surface area contributed by atoms with Gasteiger partial charge in [-0.1, -0.05) is 58.0 Å². The summed E-state index contributed by atoms with van der Waals surface area (Å²) >= 11 is -2.52. The van der Waals surface area contributed by atoms with E-state index < -0.39 is 22.8 Å². The first-order valence-electron chi connectivity index (χ1n) is 14.6. The SMILES string of the molecule is CC(C)c1cc(C2=CCCN(C(=O)OC(C)(C)C)C2)cc(C(C)C)c1CC(=O)N(c1ccc(CN(C)C)cc1)S(=O)O. The molecule has 0 spiro atoms. The number of rotatable bonds is 9. The maximum Gasteiger partial charge on any atom is 0.410 e. The van der Waals surface area contributed by atoms with Crippen LogP contribution in [0, 0.1) is 0 Å². The summed E-state index contributed by atoms with van der Waals surface area (Å²) in [5.74, 6) is -0.231. The van der Waals surface area contributed by atoms with Crippen LogP contribution in [0.4, 0.5) is 10.5 Å². The molecule has 0 saturated heterocycles. The van der Waals surface area contributed by atoms with Gasteiger partial charge in [0.15, 0.2) is 0 Å². The van der Waals surface area contributed by atoms with Crippen molar-refractivity contribution in [2.75, 3.05) is 31.5 Å². The van der Waals surface area contributed by atoms with Crippen LogP contribution >= 0.6 is 0 Å². The van der Waals surface area contributed by atoms with Gasteiger partial charge in [0.2, 0.25) is 5.91 Å². The van der Waals surface area contributed by atoms with Crippen molar-refractivity contribution in [1.29, 1.82) is 0 Å².